The number of nitrogen functional groups attached to an aromatic ring is 1. The molecule has 0 saturated carbocycles. The van der Waals surface area contributed by atoms with Crippen molar-refractivity contribution in [3.63, 3.8) is 0 Å². The summed E-state index contributed by atoms with van der Waals surface area (Å²) < 4.78 is 6.81. The highest BCUT2D eigenvalue weighted by Crippen LogP contribution is 2.26. The van der Waals surface area contributed by atoms with Crippen LogP contribution in [-0.4, -0.2) is 21.4 Å². The number of fused-ring (bicyclic) bond motifs is 1. The molecular formula is C18H12N4O4. The average Bonchev–Trinajstić information content (AvgIpc) is 2.90. The van der Waals surface area contributed by atoms with Crippen LogP contribution < -0.4 is 21.3 Å². The number of nitrogens with two attached hydrogens (primary N) is 1. The number of ether oxygens (including phenoxy) is 1. The number of aromatic nitrogens is 2. The van der Waals surface area contributed by atoms with E-state index in [1.807, 2.05) is 0 Å². The molecule has 4 rings (SSSR count). The maximum atomic E-state index is 12.5. The van der Waals surface area contributed by atoms with Crippen molar-refractivity contribution in [1.82, 2.24) is 14.9 Å². The highest BCUT2D eigenvalue weighted by Gasteiger charge is 2.31. The van der Waals surface area contributed by atoms with Gasteiger partial charge in [-0.1, -0.05) is 12.1 Å². The van der Waals surface area contributed by atoms with Gasteiger partial charge in [0, 0.05) is 24.4 Å². The zero-order chi connectivity index (χ0) is 18.3. The molecule has 3 aromatic rings. The van der Waals surface area contributed by atoms with Crippen LogP contribution in [0.5, 0.6) is 11.6 Å². The third-order valence-corrected chi connectivity index (χ3v) is 3.89. The van der Waals surface area contributed by atoms with Gasteiger partial charge in [-0.3, -0.25) is 24.3 Å². The smallest absolute Gasteiger partial charge is 0.262 e. The van der Waals surface area contributed by atoms with Gasteiger partial charge in [-0.25, -0.2) is 4.98 Å². The number of amides is 2. The topological polar surface area (TPSA) is 116 Å². The van der Waals surface area contributed by atoms with Gasteiger partial charge in [-0.15, -0.1) is 0 Å². The molecule has 0 aliphatic carbocycles. The molecule has 0 fully saturated rings. The Morgan fingerprint density at radius 1 is 1.00 bits per heavy atom. The van der Waals surface area contributed by atoms with Crippen molar-refractivity contribution in [2.75, 3.05) is 5.73 Å². The van der Waals surface area contributed by atoms with Gasteiger partial charge in [0.25, 0.3) is 17.4 Å². The lowest BCUT2D eigenvalue weighted by atomic mass is 10.1. The number of imide groups is 1. The first kappa shape index (κ1) is 15.6. The molecule has 1 aliphatic rings. The van der Waals surface area contributed by atoms with Gasteiger partial charge < -0.3 is 10.5 Å². The van der Waals surface area contributed by atoms with Crippen LogP contribution in [-0.2, 0) is 0 Å². The summed E-state index contributed by atoms with van der Waals surface area (Å²) in [5.41, 5.74) is 5.86. The van der Waals surface area contributed by atoms with E-state index in [4.69, 9.17) is 10.5 Å². The summed E-state index contributed by atoms with van der Waals surface area (Å²) in [6.45, 7) is 0. The molecule has 0 spiro atoms. The summed E-state index contributed by atoms with van der Waals surface area (Å²) in [7, 11) is 0. The molecule has 2 aromatic heterocycles. The summed E-state index contributed by atoms with van der Waals surface area (Å²) >= 11 is 0. The van der Waals surface area contributed by atoms with Gasteiger partial charge in [0.1, 0.15) is 11.6 Å². The monoisotopic (exact) mass is 348 g/mol. The molecule has 2 amide bonds. The number of carbonyl (C=O) groups is 2. The lowest BCUT2D eigenvalue weighted by molar-refractivity contribution is 0.0880. The second kappa shape index (κ2) is 5.85. The third kappa shape index (κ3) is 2.49. The quantitative estimate of drug-likeness (QED) is 0.693. The number of anilines is 1. The Balaban J connectivity index is 1.81. The van der Waals surface area contributed by atoms with E-state index in [0.29, 0.717) is 17.3 Å². The minimum atomic E-state index is -0.631. The first-order chi connectivity index (χ1) is 12.5. The minimum Gasteiger partial charge on any atom is -0.439 e. The van der Waals surface area contributed by atoms with E-state index in [0.717, 1.165) is 10.6 Å². The Morgan fingerprint density at radius 3 is 2.62 bits per heavy atom. The van der Waals surface area contributed by atoms with E-state index < -0.39 is 17.4 Å². The van der Waals surface area contributed by atoms with Gasteiger partial charge in [0.15, 0.2) is 0 Å². The van der Waals surface area contributed by atoms with Crippen LogP contribution in [0.25, 0.3) is 5.69 Å². The SMILES string of the molecule is Nc1c2c(cc(=O)n1-c1cccc(Oc3ccccn3)c1)C(=O)NC2=O. The van der Waals surface area contributed by atoms with Crippen LogP contribution in [0.1, 0.15) is 20.7 Å². The first-order valence-electron chi connectivity index (χ1n) is 7.65. The zero-order valence-electron chi connectivity index (χ0n) is 13.3. The van der Waals surface area contributed by atoms with Crippen LogP contribution in [0, 0.1) is 0 Å². The molecule has 3 N–H and O–H groups in total. The van der Waals surface area contributed by atoms with Crippen LogP contribution in [0.15, 0.2) is 59.5 Å². The molecule has 0 radical (unpaired) electrons. The summed E-state index contributed by atoms with van der Waals surface area (Å²) in [6.07, 6.45) is 1.60. The van der Waals surface area contributed by atoms with Crippen LogP contribution in [0.4, 0.5) is 5.82 Å². The molecule has 8 nitrogen and oxygen atoms in total. The molecule has 3 heterocycles. The molecule has 0 saturated heterocycles. The molecule has 0 bridgehead atoms. The molecule has 1 aromatic carbocycles. The standard InChI is InChI=1S/C18H12N4O4/c19-16-15-12(17(24)21-18(15)25)9-14(23)22(16)10-4-3-5-11(8-10)26-13-6-1-2-7-20-13/h1-9H,19H2,(H,21,24,25). The fourth-order valence-corrected chi connectivity index (χ4v) is 2.76. The Hall–Kier alpha value is -3.94. The summed E-state index contributed by atoms with van der Waals surface area (Å²) in [6, 6.07) is 12.9. The van der Waals surface area contributed by atoms with Crippen molar-refractivity contribution in [2.45, 2.75) is 0 Å². The van der Waals surface area contributed by atoms with Crippen LogP contribution >= 0.6 is 0 Å². The van der Waals surface area contributed by atoms with E-state index >= 15 is 0 Å². The van der Waals surface area contributed by atoms with Gasteiger partial charge in [-0.2, -0.15) is 0 Å². The molecular weight excluding hydrogens is 336 g/mol. The largest absolute Gasteiger partial charge is 0.439 e. The molecule has 128 valence electrons. The second-order valence-corrected chi connectivity index (χ2v) is 5.54. The Kier molecular flexibility index (Phi) is 3.51. The average molecular weight is 348 g/mol. The van der Waals surface area contributed by atoms with Gasteiger partial charge in [-0.05, 0) is 18.2 Å². The van der Waals surface area contributed by atoms with Crippen molar-refractivity contribution in [3.05, 3.63) is 76.2 Å². The number of benzene rings is 1. The van der Waals surface area contributed by atoms with E-state index in [9.17, 15) is 14.4 Å². The predicted octanol–water partition coefficient (Wildman–Crippen LogP) is 1.49. The van der Waals surface area contributed by atoms with Crippen molar-refractivity contribution < 1.29 is 14.3 Å². The van der Waals surface area contributed by atoms with E-state index in [-0.39, 0.29) is 16.9 Å². The maximum Gasteiger partial charge on any atom is 0.262 e. The number of pyridine rings is 2. The lowest BCUT2D eigenvalue weighted by Gasteiger charge is -2.13. The van der Waals surface area contributed by atoms with Crippen molar-refractivity contribution in [2.24, 2.45) is 0 Å². The fourth-order valence-electron chi connectivity index (χ4n) is 2.76. The Bertz CT molecular complexity index is 1110. The highest BCUT2D eigenvalue weighted by molar-refractivity contribution is 6.23. The number of nitrogens with one attached hydrogen (secondary N) is 1. The van der Waals surface area contributed by atoms with Crippen LogP contribution in [0.2, 0.25) is 0 Å². The highest BCUT2D eigenvalue weighted by atomic mass is 16.5. The number of nitrogens with zero attached hydrogens (tertiary/aromatic N) is 2. The van der Waals surface area contributed by atoms with E-state index in [1.165, 1.54) is 0 Å². The van der Waals surface area contributed by atoms with Crippen LogP contribution in [0.3, 0.4) is 0 Å². The second-order valence-electron chi connectivity index (χ2n) is 5.54. The van der Waals surface area contributed by atoms with Crippen molar-refractivity contribution in [1.29, 1.82) is 0 Å². The zero-order valence-corrected chi connectivity index (χ0v) is 13.3. The molecule has 0 atom stereocenters. The van der Waals surface area contributed by atoms with Crippen molar-refractivity contribution in [3.8, 4) is 17.3 Å². The lowest BCUT2D eigenvalue weighted by Crippen LogP contribution is -2.24. The molecule has 1 aliphatic heterocycles. The third-order valence-electron chi connectivity index (χ3n) is 3.89. The van der Waals surface area contributed by atoms with E-state index in [1.54, 1.807) is 48.7 Å². The van der Waals surface area contributed by atoms with Crippen molar-refractivity contribution >= 4 is 17.6 Å². The summed E-state index contributed by atoms with van der Waals surface area (Å²) in [5, 5.41) is 2.13. The van der Waals surface area contributed by atoms with Gasteiger partial charge in [0.05, 0.1) is 16.8 Å². The molecule has 0 unspecified atom stereocenters. The normalized spacial score (nSPS) is 12.6. The number of hydrogen-bond donors (Lipinski definition) is 2. The van der Waals surface area contributed by atoms with E-state index in [2.05, 4.69) is 10.3 Å². The first-order valence-corrected chi connectivity index (χ1v) is 7.65. The number of hydrogen-bond acceptors (Lipinski definition) is 6. The minimum absolute atomic E-state index is 0.00866. The Morgan fingerprint density at radius 2 is 1.85 bits per heavy atom. The predicted molar refractivity (Wildman–Crippen MR) is 92.6 cm³/mol. The van der Waals surface area contributed by atoms with Gasteiger partial charge in [0.2, 0.25) is 5.88 Å². The summed E-state index contributed by atoms with van der Waals surface area (Å²) in [4.78, 5) is 40.2. The maximum absolute atomic E-state index is 12.5. The Labute approximate surface area is 146 Å². The molecule has 8 heteroatoms. The number of rotatable bonds is 3. The summed E-state index contributed by atoms with van der Waals surface area (Å²) in [5.74, 6) is -0.534. The van der Waals surface area contributed by atoms with Gasteiger partial charge >= 0.3 is 0 Å². The number of carbonyl (C=O) groups excluding carboxylic acids is 2. The molecule has 26 heavy (non-hydrogen) atoms. The fraction of sp³-hybridized carbons (Fsp3) is 0.